The van der Waals surface area contributed by atoms with Crippen LogP contribution < -0.4 is 0 Å². The zero-order chi connectivity index (χ0) is 8.27. The number of carbonyl (C=O) groups excluding carboxylic acids is 2. The molecule has 0 aromatic carbocycles. The van der Waals surface area contributed by atoms with Gasteiger partial charge in [-0.2, -0.15) is 0 Å². The summed E-state index contributed by atoms with van der Waals surface area (Å²) in [7, 11) is 0. The molecule has 0 spiro atoms. The monoisotopic (exact) mass is 152 g/mol. The Morgan fingerprint density at radius 2 is 2.27 bits per heavy atom. The first-order chi connectivity index (χ1) is 5.27. The van der Waals surface area contributed by atoms with Crippen molar-refractivity contribution in [3.63, 3.8) is 0 Å². The van der Waals surface area contributed by atoms with Gasteiger partial charge < -0.3 is 4.79 Å². The molecule has 0 bridgehead atoms. The lowest BCUT2D eigenvalue weighted by Crippen LogP contribution is -2.16. The maximum Gasteiger partial charge on any atom is 0.127 e. The zero-order valence-electron chi connectivity index (χ0n) is 6.67. The van der Waals surface area contributed by atoms with Crippen LogP contribution in [-0.2, 0) is 9.59 Å². The average Bonchev–Trinajstić information content (AvgIpc) is 2.04. The highest BCUT2D eigenvalue weighted by atomic mass is 16.1. The SMILES string of the molecule is CC1CCC(C=O)C(=C=O)C1. The summed E-state index contributed by atoms with van der Waals surface area (Å²) < 4.78 is 0. The van der Waals surface area contributed by atoms with Crippen LogP contribution in [-0.4, -0.2) is 12.2 Å². The van der Waals surface area contributed by atoms with Crippen molar-refractivity contribution in [2.45, 2.75) is 26.2 Å². The summed E-state index contributed by atoms with van der Waals surface area (Å²) >= 11 is 0. The summed E-state index contributed by atoms with van der Waals surface area (Å²) in [6.45, 7) is 2.10. The molecule has 0 saturated heterocycles. The minimum atomic E-state index is -0.135. The van der Waals surface area contributed by atoms with E-state index >= 15 is 0 Å². The molecule has 1 fully saturated rings. The Balaban J connectivity index is 2.70. The fraction of sp³-hybridized carbons (Fsp3) is 0.667. The lowest BCUT2D eigenvalue weighted by atomic mass is 9.80. The van der Waals surface area contributed by atoms with Crippen molar-refractivity contribution in [2.75, 3.05) is 0 Å². The first kappa shape index (κ1) is 8.22. The van der Waals surface area contributed by atoms with Gasteiger partial charge in [0, 0.05) is 11.5 Å². The van der Waals surface area contributed by atoms with E-state index in [-0.39, 0.29) is 5.92 Å². The van der Waals surface area contributed by atoms with E-state index in [1.54, 1.807) is 0 Å². The van der Waals surface area contributed by atoms with Crippen LogP contribution in [0.1, 0.15) is 26.2 Å². The molecule has 0 heterocycles. The number of aldehydes is 1. The van der Waals surface area contributed by atoms with Crippen molar-refractivity contribution in [3.8, 4) is 0 Å². The number of hydrogen-bond acceptors (Lipinski definition) is 2. The first-order valence-electron chi connectivity index (χ1n) is 3.97. The maximum atomic E-state index is 10.4. The fourth-order valence-electron chi connectivity index (χ4n) is 1.53. The molecule has 0 N–H and O–H groups in total. The molecule has 1 saturated carbocycles. The lowest BCUT2D eigenvalue weighted by Gasteiger charge is -2.22. The minimum Gasteiger partial charge on any atom is -0.303 e. The third-order valence-electron chi connectivity index (χ3n) is 2.28. The molecule has 0 aliphatic heterocycles. The lowest BCUT2D eigenvalue weighted by molar-refractivity contribution is -0.110. The zero-order valence-corrected chi connectivity index (χ0v) is 6.67. The molecule has 1 aliphatic carbocycles. The topological polar surface area (TPSA) is 34.1 Å². The molecular weight excluding hydrogens is 140 g/mol. The van der Waals surface area contributed by atoms with Gasteiger partial charge in [-0.15, -0.1) is 0 Å². The molecule has 2 atom stereocenters. The number of carbonyl (C=O) groups is 1. The Labute approximate surface area is 66.3 Å². The van der Waals surface area contributed by atoms with Gasteiger partial charge in [-0.05, 0) is 25.2 Å². The highest BCUT2D eigenvalue weighted by Crippen LogP contribution is 2.29. The van der Waals surface area contributed by atoms with Gasteiger partial charge in [-0.1, -0.05) is 6.92 Å². The fourth-order valence-corrected chi connectivity index (χ4v) is 1.53. The third-order valence-corrected chi connectivity index (χ3v) is 2.28. The van der Waals surface area contributed by atoms with Gasteiger partial charge in [-0.25, -0.2) is 4.79 Å². The molecule has 1 rings (SSSR count). The molecular formula is C9H12O2. The Bertz CT molecular complexity index is 202. The molecule has 0 radical (unpaired) electrons. The molecule has 2 unspecified atom stereocenters. The second kappa shape index (κ2) is 3.49. The number of hydrogen-bond donors (Lipinski definition) is 0. The molecule has 2 nitrogen and oxygen atoms in total. The van der Waals surface area contributed by atoms with Crippen LogP contribution >= 0.6 is 0 Å². The molecule has 0 aromatic heterocycles. The molecule has 11 heavy (non-hydrogen) atoms. The van der Waals surface area contributed by atoms with E-state index in [9.17, 15) is 9.59 Å². The van der Waals surface area contributed by atoms with Crippen LogP contribution in [0.15, 0.2) is 5.57 Å². The van der Waals surface area contributed by atoms with Crippen LogP contribution in [0.3, 0.4) is 0 Å². The first-order valence-corrected chi connectivity index (χ1v) is 3.97. The van der Waals surface area contributed by atoms with E-state index in [2.05, 4.69) is 6.92 Å². The summed E-state index contributed by atoms with van der Waals surface area (Å²) in [4.78, 5) is 20.8. The third kappa shape index (κ3) is 1.78. The second-order valence-electron chi connectivity index (χ2n) is 3.26. The summed E-state index contributed by atoms with van der Waals surface area (Å²) in [6.07, 6.45) is 3.50. The van der Waals surface area contributed by atoms with E-state index < -0.39 is 0 Å². The molecule has 0 aromatic rings. The van der Waals surface area contributed by atoms with Crippen LogP contribution in [0.4, 0.5) is 0 Å². The van der Waals surface area contributed by atoms with Crippen molar-refractivity contribution < 1.29 is 9.59 Å². The normalized spacial score (nSPS) is 31.2. The summed E-state index contributed by atoms with van der Waals surface area (Å²) in [5, 5.41) is 0. The van der Waals surface area contributed by atoms with Crippen LogP contribution in [0.2, 0.25) is 0 Å². The van der Waals surface area contributed by atoms with Crippen molar-refractivity contribution >= 4 is 12.2 Å². The van der Waals surface area contributed by atoms with E-state index in [0.717, 1.165) is 25.5 Å². The predicted octanol–water partition coefficient (Wildman–Crippen LogP) is 1.38. The highest BCUT2D eigenvalue weighted by Gasteiger charge is 2.23. The standard InChI is InChI=1S/C9H12O2/c1-7-2-3-8(5-10)9(4-7)6-11/h5,7-8H,2-4H2,1H3. The van der Waals surface area contributed by atoms with Crippen LogP contribution in [0, 0.1) is 11.8 Å². The van der Waals surface area contributed by atoms with Crippen LogP contribution in [0.25, 0.3) is 0 Å². The van der Waals surface area contributed by atoms with E-state index in [1.807, 2.05) is 5.94 Å². The average molecular weight is 152 g/mol. The summed E-state index contributed by atoms with van der Waals surface area (Å²) in [5.74, 6) is 2.28. The van der Waals surface area contributed by atoms with Gasteiger partial charge in [-0.3, -0.25) is 0 Å². The van der Waals surface area contributed by atoms with Crippen molar-refractivity contribution in [1.82, 2.24) is 0 Å². The van der Waals surface area contributed by atoms with Gasteiger partial charge in [0.2, 0.25) is 0 Å². The Hall–Kier alpha value is -0.880. The van der Waals surface area contributed by atoms with Gasteiger partial charge >= 0.3 is 0 Å². The van der Waals surface area contributed by atoms with Crippen molar-refractivity contribution in [1.29, 1.82) is 0 Å². The Morgan fingerprint density at radius 3 is 2.82 bits per heavy atom. The van der Waals surface area contributed by atoms with Gasteiger partial charge in [0.05, 0.1) is 0 Å². The maximum absolute atomic E-state index is 10.4. The van der Waals surface area contributed by atoms with Gasteiger partial charge in [0.15, 0.2) is 0 Å². The molecule has 0 amide bonds. The molecule has 60 valence electrons. The smallest absolute Gasteiger partial charge is 0.127 e. The van der Waals surface area contributed by atoms with E-state index in [1.165, 1.54) is 0 Å². The number of rotatable bonds is 1. The van der Waals surface area contributed by atoms with Crippen molar-refractivity contribution in [2.24, 2.45) is 11.8 Å². The Morgan fingerprint density at radius 1 is 1.55 bits per heavy atom. The minimum absolute atomic E-state index is 0.135. The summed E-state index contributed by atoms with van der Waals surface area (Å²) in [5.41, 5.74) is 0.666. The van der Waals surface area contributed by atoms with E-state index in [0.29, 0.717) is 11.5 Å². The van der Waals surface area contributed by atoms with Crippen molar-refractivity contribution in [3.05, 3.63) is 5.57 Å². The van der Waals surface area contributed by atoms with Gasteiger partial charge in [0.1, 0.15) is 12.2 Å². The largest absolute Gasteiger partial charge is 0.303 e. The summed E-state index contributed by atoms with van der Waals surface area (Å²) in [6, 6.07) is 0. The van der Waals surface area contributed by atoms with Gasteiger partial charge in [0.25, 0.3) is 0 Å². The Kier molecular flexibility index (Phi) is 2.61. The second-order valence-corrected chi connectivity index (χ2v) is 3.26. The van der Waals surface area contributed by atoms with Crippen LogP contribution in [0.5, 0.6) is 0 Å². The predicted molar refractivity (Wildman–Crippen MR) is 41.8 cm³/mol. The number of allylic oxidation sites excluding steroid dienone is 1. The molecule has 2 heteroatoms. The highest BCUT2D eigenvalue weighted by molar-refractivity contribution is 5.67. The quantitative estimate of drug-likeness (QED) is 0.420. The molecule has 1 aliphatic rings. The van der Waals surface area contributed by atoms with E-state index in [4.69, 9.17) is 0 Å².